The highest BCUT2D eigenvalue weighted by atomic mass is 19.1. The Morgan fingerprint density at radius 2 is 1.74 bits per heavy atom. The SMILES string of the molecule is CCOc1cc(C)c(-c2nc3ccccc3c(=O)n2N=Cc2cccc(OC)c2OCc2ccc(F)cc2)cc1C(C)C. The lowest BCUT2D eigenvalue weighted by Crippen LogP contribution is -2.21. The van der Waals surface area contributed by atoms with Crippen molar-refractivity contribution in [3.05, 3.63) is 117 Å². The third kappa shape index (κ3) is 6.28. The fourth-order valence-electron chi connectivity index (χ4n) is 4.88. The predicted octanol–water partition coefficient (Wildman–Crippen LogP) is 7.50. The number of aryl methyl sites for hydroxylation is 1. The topological polar surface area (TPSA) is 74.9 Å². The highest BCUT2D eigenvalue weighted by molar-refractivity contribution is 5.86. The van der Waals surface area contributed by atoms with Crippen LogP contribution in [-0.2, 0) is 6.61 Å². The second kappa shape index (κ2) is 12.9. The van der Waals surface area contributed by atoms with Gasteiger partial charge in [-0.15, -0.1) is 0 Å². The molecule has 0 saturated carbocycles. The van der Waals surface area contributed by atoms with Crippen molar-refractivity contribution in [1.29, 1.82) is 0 Å². The molecule has 0 aliphatic carbocycles. The van der Waals surface area contributed by atoms with Crippen LogP contribution in [0.4, 0.5) is 4.39 Å². The maximum absolute atomic E-state index is 13.9. The summed E-state index contributed by atoms with van der Waals surface area (Å²) < 4.78 is 32.4. The Morgan fingerprint density at radius 3 is 2.47 bits per heavy atom. The van der Waals surface area contributed by atoms with Crippen LogP contribution in [0.5, 0.6) is 17.2 Å². The van der Waals surface area contributed by atoms with Gasteiger partial charge in [-0.3, -0.25) is 4.79 Å². The number of methoxy groups -OCH3 is 1. The number of para-hydroxylation sites is 2. The van der Waals surface area contributed by atoms with Crippen molar-refractivity contribution >= 4 is 17.1 Å². The summed E-state index contributed by atoms with van der Waals surface area (Å²) in [6, 6.07) is 22.8. The molecule has 8 heteroatoms. The van der Waals surface area contributed by atoms with E-state index in [1.807, 2.05) is 56.3 Å². The molecule has 7 nitrogen and oxygen atoms in total. The van der Waals surface area contributed by atoms with Gasteiger partial charge in [-0.1, -0.05) is 44.2 Å². The molecule has 1 aromatic heterocycles. The lowest BCUT2D eigenvalue weighted by Gasteiger charge is -2.18. The Hall–Kier alpha value is -4.98. The van der Waals surface area contributed by atoms with E-state index in [1.165, 1.54) is 16.8 Å². The molecule has 0 amide bonds. The summed E-state index contributed by atoms with van der Waals surface area (Å²) >= 11 is 0. The van der Waals surface area contributed by atoms with Crippen LogP contribution in [0.3, 0.4) is 0 Å². The molecule has 43 heavy (non-hydrogen) atoms. The van der Waals surface area contributed by atoms with Gasteiger partial charge in [-0.2, -0.15) is 9.78 Å². The van der Waals surface area contributed by atoms with E-state index >= 15 is 0 Å². The number of halogens is 1. The van der Waals surface area contributed by atoms with E-state index in [2.05, 4.69) is 18.9 Å². The van der Waals surface area contributed by atoms with E-state index < -0.39 is 0 Å². The molecule has 0 saturated heterocycles. The summed E-state index contributed by atoms with van der Waals surface area (Å²) in [6.07, 6.45) is 1.57. The van der Waals surface area contributed by atoms with E-state index in [1.54, 1.807) is 37.6 Å². The van der Waals surface area contributed by atoms with Crippen LogP contribution >= 0.6 is 0 Å². The van der Waals surface area contributed by atoms with E-state index in [0.717, 1.165) is 28.0 Å². The minimum atomic E-state index is -0.317. The number of aromatic nitrogens is 2. The third-order valence-electron chi connectivity index (χ3n) is 7.11. The lowest BCUT2D eigenvalue weighted by atomic mass is 9.96. The van der Waals surface area contributed by atoms with Gasteiger partial charge in [-0.25, -0.2) is 9.37 Å². The average molecular weight is 580 g/mol. The van der Waals surface area contributed by atoms with E-state index in [0.29, 0.717) is 40.4 Å². The molecule has 0 atom stereocenters. The van der Waals surface area contributed by atoms with E-state index in [4.69, 9.17) is 19.2 Å². The van der Waals surface area contributed by atoms with Gasteiger partial charge in [0.15, 0.2) is 17.3 Å². The van der Waals surface area contributed by atoms with Gasteiger partial charge in [-0.05, 0) is 85.0 Å². The number of rotatable bonds is 10. The first kappa shape index (κ1) is 29.5. The zero-order valence-electron chi connectivity index (χ0n) is 24.9. The molecule has 0 aliphatic rings. The lowest BCUT2D eigenvalue weighted by molar-refractivity contribution is 0.284. The molecule has 0 spiro atoms. The fraction of sp³-hybridized carbons (Fsp3) is 0.229. The van der Waals surface area contributed by atoms with Gasteiger partial charge >= 0.3 is 0 Å². The van der Waals surface area contributed by atoms with Crippen molar-refractivity contribution in [2.75, 3.05) is 13.7 Å². The predicted molar refractivity (Wildman–Crippen MR) is 168 cm³/mol. The van der Waals surface area contributed by atoms with Gasteiger partial charge in [0.1, 0.15) is 18.2 Å². The van der Waals surface area contributed by atoms with E-state index in [9.17, 15) is 9.18 Å². The van der Waals surface area contributed by atoms with Crippen molar-refractivity contribution in [2.45, 2.75) is 40.2 Å². The van der Waals surface area contributed by atoms with Crippen LogP contribution in [-0.4, -0.2) is 29.6 Å². The molecule has 0 radical (unpaired) electrons. The molecule has 5 aromatic rings. The fourth-order valence-corrected chi connectivity index (χ4v) is 4.88. The summed E-state index contributed by atoms with van der Waals surface area (Å²) in [7, 11) is 1.55. The van der Waals surface area contributed by atoms with Crippen molar-refractivity contribution in [2.24, 2.45) is 5.10 Å². The number of benzene rings is 4. The second-order valence-corrected chi connectivity index (χ2v) is 10.4. The molecular weight excluding hydrogens is 545 g/mol. The summed E-state index contributed by atoms with van der Waals surface area (Å²) in [6.45, 7) is 8.88. The van der Waals surface area contributed by atoms with Gasteiger partial charge in [0, 0.05) is 11.1 Å². The minimum absolute atomic E-state index is 0.183. The number of nitrogens with zero attached hydrogens (tertiary/aromatic N) is 3. The molecule has 5 rings (SSSR count). The van der Waals surface area contributed by atoms with Gasteiger partial charge in [0.25, 0.3) is 5.56 Å². The Morgan fingerprint density at radius 1 is 0.977 bits per heavy atom. The Kier molecular flexibility index (Phi) is 8.85. The Labute approximate surface area is 250 Å². The summed E-state index contributed by atoms with van der Waals surface area (Å²) in [5, 5.41) is 5.13. The summed E-state index contributed by atoms with van der Waals surface area (Å²) in [5.74, 6) is 2.04. The highest BCUT2D eigenvalue weighted by Gasteiger charge is 2.19. The van der Waals surface area contributed by atoms with Gasteiger partial charge in [0.2, 0.25) is 0 Å². The summed E-state index contributed by atoms with van der Waals surface area (Å²) in [5.41, 5.74) is 4.38. The van der Waals surface area contributed by atoms with Gasteiger partial charge in [0.05, 0.1) is 30.8 Å². The normalized spacial score (nSPS) is 11.4. The Balaban J connectivity index is 1.64. The van der Waals surface area contributed by atoms with Crippen molar-refractivity contribution in [3.63, 3.8) is 0 Å². The molecule has 0 aliphatic heterocycles. The second-order valence-electron chi connectivity index (χ2n) is 10.4. The van der Waals surface area contributed by atoms with E-state index in [-0.39, 0.29) is 23.9 Å². The molecule has 0 bridgehead atoms. The Bertz CT molecular complexity index is 1850. The minimum Gasteiger partial charge on any atom is -0.494 e. The van der Waals surface area contributed by atoms with Gasteiger partial charge < -0.3 is 14.2 Å². The van der Waals surface area contributed by atoms with Crippen LogP contribution in [0.1, 0.15) is 48.9 Å². The molecule has 1 heterocycles. The summed E-state index contributed by atoms with van der Waals surface area (Å²) in [4.78, 5) is 18.8. The van der Waals surface area contributed by atoms with Crippen molar-refractivity contribution < 1.29 is 18.6 Å². The molecular formula is C35H34FN3O4. The van der Waals surface area contributed by atoms with Crippen LogP contribution in [0, 0.1) is 12.7 Å². The largest absolute Gasteiger partial charge is 0.494 e. The first-order valence-electron chi connectivity index (χ1n) is 14.2. The van der Waals surface area contributed by atoms with Crippen molar-refractivity contribution in [3.8, 4) is 28.6 Å². The van der Waals surface area contributed by atoms with Crippen molar-refractivity contribution in [1.82, 2.24) is 9.66 Å². The number of ether oxygens (including phenoxy) is 3. The molecule has 0 N–H and O–H groups in total. The maximum atomic E-state index is 13.9. The van der Waals surface area contributed by atoms with Crippen LogP contribution in [0.15, 0.2) is 88.8 Å². The first-order valence-corrected chi connectivity index (χ1v) is 14.2. The number of fused-ring (bicyclic) bond motifs is 1. The number of hydrogen-bond acceptors (Lipinski definition) is 6. The van der Waals surface area contributed by atoms with Crippen LogP contribution in [0.2, 0.25) is 0 Å². The monoisotopic (exact) mass is 579 g/mol. The first-order chi connectivity index (χ1) is 20.8. The number of hydrogen-bond donors (Lipinski definition) is 0. The highest BCUT2D eigenvalue weighted by Crippen LogP contribution is 2.35. The third-order valence-corrected chi connectivity index (χ3v) is 7.11. The zero-order chi connectivity index (χ0) is 30.5. The van der Waals surface area contributed by atoms with Crippen LogP contribution < -0.4 is 19.8 Å². The standard InChI is InChI=1S/C35H34FN3O4/c1-6-42-32-18-23(4)29(19-28(32)22(2)3)34-38-30-12-8-7-11-27(30)35(40)39(34)37-20-25-10-9-13-31(41-5)33(25)43-21-24-14-16-26(36)17-15-24/h7-20,22H,6,21H2,1-5H3. The maximum Gasteiger partial charge on any atom is 0.282 e. The average Bonchev–Trinajstić information content (AvgIpc) is 3.00. The molecule has 220 valence electrons. The molecule has 4 aromatic carbocycles. The smallest absolute Gasteiger partial charge is 0.282 e. The molecule has 0 fully saturated rings. The quantitative estimate of drug-likeness (QED) is 0.160. The van der Waals surface area contributed by atoms with Crippen LogP contribution in [0.25, 0.3) is 22.3 Å². The molecule has 0 unspecified atom stereocenters. The zero-order valence-corrected chi connectivity index (χ0v) is 24.9.